The highest BCUT2D eigenvalue weighted by molar-refractivity contribution is 5.76. The molecular formula is C74H143NO5. The van der Waals surface area contributed by atoms with Crippen molar-refractivity contribution in [2.75, 3.05) is 13.2 Å². The fourth-order valence-corrected chi connectivity index (χ4v) is 11.7. The van der Waals surface area contributed by atoms with Crippen LogP contribution in [-0.4, -0.2) is 47.4 Å². The monoisotopic (exact) mass is 1130 g/mol. The Labute approximate surface area is 501 Å². The van der Waals surface area contributed by atoms with Crippen molar-refractivity contribution in [3.8, 4) is 0 Å². The lowest BCUT2D eigenvalue weighted by molar-refractivity contribution is -0.143. The van der Waals surface area contributed by atoms with Gasteiger partial charge in [0.2, 0.25) is 5.91 Å². The number of aliphatic hydroxyl groups excluding tert-OH is 2. The average Bonchev–Trinajstić information content (AvgIpc) is 3.46. The molecule has 2 atom stereocenters. The molecule has 0 spiro atoms. The van der Waals surface area contributed by atoms with E-state index in [0.717, 1.165) is 51.4 Å². The van der Waals surface area contributed by atoms with Gasteiger partial charge in [0.1, 0.15) is 0 Å². The maximum Gasteiger partial charge on any atom is 0.305 e. The number of amides is 1. The van der Waals surface area contributed by atoms with Gasteiger partial charge in [0.05, 0.1) is 25.4 Å². The zero-order valence-electron chi connectivity index (χ0n) is 54.3. The minimum atomic E-state index is -0.658. The number of hydrogen-bond acceptors (Lipinski definition) is 5. The van der Waals surface area contributed by atoms with E-state index >= 15 is 0 Å². The predicted molar refractivity (Wildman–Crippen MR) is 352 cm³/mol. The molecule has 0 aromatic heterocycles. The second-order valence-electron chi connectivity index (χ2n) is 25.3. The number of carbonyl (C=O) groups excluding carboxylic acids is 2. The van der Waals surface area contributed by atoms with Gasteiger partial charge in [0.25, 0.3) is 0 Å². The van der Waals surface area contributed by atoms with E-state index in [1.54, 1.807) is 0 Å². The summed E-state index contributed by atoms with van der Waals surface area (Å²) >= 11 is 0. The first-order valence-corrected chi connectivity index (χ1v) is 36.6. The normalized spacial score (nSPS) is 12.6. The van der Waals surface area contributed by atoms with Crippen LogP contribution in [-0.2, 0) is 14.3 Å². The third kappa shape index (κ3) is 65.5. The number of allylic oxidation sites excluding steroid dienone is 4. The Kier molecular flexibility index (Phi) is 68.4. The van der Waals surface area contributed by atoms with Crippen LogP contribution in [0.3, 0.4) is 0 Å². The molecule has 0 heterocycles. The molecule has 6 nitrogen and oxygen atoms in total. The summed E-state index contributed by atoms with van der Waals surface area (Å²) in [5.41, 5.74) is 0. The van der Waals surface area contributed by atoms with Crippen LogP contribution < -0.4 is 5.32 Å². The third-order valence-corrected chi connectivity index (χ3v) is 17.3. The second kappa shape index (κ2) is 69.8. The summed E-state index contributed by atoms with van der Waals surface area (Å²) in [6, 6.07) is -0.535. The van der Waals surface area contributed by atoms with E-state index in [0.29, 0.717) is 25.9 Å². The van der Waals surface area contributed by atoms with Gasteiger partial charge in [-0.2, -0.15) is 0 Å². The topological polar surface area (TPSA) is 95.9 Å². The smallest absolute Gasteiger partial charge is 0.305 e. The summed E-state index contributed by atoms with van der Waals surface area (Å²) < 4.78 is 5.50. The quantitative estimate of drug-likeness (QED) is 0.0320. The third-order valence-electron chi connectivity index (χ3n) is 17.3. The number of hydrogen-bond donors (Lipinski definition) is 3. The van der Waals surface area contributed by atoms with E-state index in [9.17, 15) is 19.8 Å². The Hall–Kier alpha value is -1.66. The molecule has 0 radical (unpaired) electrons. The number of unbranched alkanes of at least 4 members (excludes halogenated alkanes) is 54. The Morgan fingerprint density at radius 2 is 0.625 bits per heavy atom. The van der Waals surface area contributed by atoms with Gasteiger partial charge in [-0.05, 0) is 57.8 Å². The molecule has 474 valence electrons. The molecule has 0 aliphatic carbocycles. The SMILES string of the molecule is CCCCC/C=C\C/C=C\CCCCCCCCCC(=O)OCCCCCCCCCCCCCCCCCCCCCCCCCCCCCCCCCCCCCC(=O)NC(CO)C(O)CCCCCCCCCCCCC. The Morgan fingerprint density at radius 3 is 0.975 bits per heavy atom. The lowest BCUT2D eigenvalue weighted by Gasteiger charge is -2.22. The number of nitrogens with one attached hydrogen (secondary N) is 1. The molecule has 0 fully saturated rings. The second-order valence-corrected chi connectivity index (χ2v) is 25.3. The van der Waals surface area contributed by atoms with Crippen LogP contribution >= 0.6 is 0 Å². The highest BCUT2D eigenvalue weighted by atomic mass is 16.5. The van der Waals surface area contributed by atoms with Crippen LogP contribution in [0.25, 0.3) is 0 Å². The molecular weight excluding hydrogens is 983 g/mol. The Balaban J connectivity index is 3.28. The first-order valence-electron chi connectivity index (χ1n) is 36.6. The molecule has 0 aliphatic rings. The molecule has 3 N–H and O–H groups in total. The largest absolute Gasteiger partial charge is 0.466 e. The average molecular weight is 1130 g/mol. The zero-order chi connectivity index (χ0) is 57.8. The van der Waals surface area contributed by atoms with Crippen molar-refractivity contribution < 1.29 is 24.5 Å². The van der Waals surface area contributed by atoms with Crippen LogP contribution in [0.1, 0.15) is 412 Å². The highest BCUT2D eigenvalue weighted by Crippen LogP contribution is 2.19. The molecule has 0 saturated carbocycles. The highest BCUT2D eigenvalue weighted by Gasteiger charge is 2.20. The van der Waals surface area contributed by atoms with Gasteiger partial charge in [-0.1, -0.05) is 366 Å². The number of esters is 1. The van der Waals surface area contributed by atoms with E-state index in [4.69, 9.17) is 4.74 Å². The summed E-state index contributed by atoms with van der Waals surface area (Å²) in [4.78, 5) is 24.6. The van der Waals surface area contributed by atoms with Crippen molar-refractivity contribution in [2.24, 2.45) is 0 Å². The lowest BCUT2D eigenvalue weighted by Crippen LogP contribution is -2.45. The molecule has 0 aromatic rings. The van der Waals surface area contributed by atoms with Gasteiger partial charge in [-0.25, -0.2) is 0 Å². The standard InChI is InChI=1S/C74H143NO5/c1-3-5-7-9-11-13-15-16-17-37-41-44-48-52-56-60-64-68-74(79)80-69-65-61-57-53-49-45-42-39-36-34-32-30-28-26-24-22-20-18-19-21-23-25-27-29-31-33-35-38-40-43-47-51-55-59-63-67-73(78)75-71(70-76)72(77)66-62-58-54-50-46-14-12-10-8-6-4-2/h11,13,16-17,71-72,76-77H,3-10,12,14-15,18-70H2,1-2H3,(H,75,78)/b13-11-,17-16-. The minimum absolute atomic E-state index is 0.0154. The van der Waals surface area contributed by atoms with Crippen molar-refractivity contribution in [3.05, 3.63) is 24.3 Å². The van der Waals surface area contributed by atoms with Crippen molar-refractivity contribution in [1.29, 1.82) is 0 Å². The lowest BCUT2D eigenvalue weighted by atomic mass is 10.0. The fourth-order valence-electron chi connectivity index (χ4n) is 11.7. The number of aliphatic hydroxyl groups is 2. The van der Waals surface area contributed by atoms with Crippen LogP contribution in [0.5, 0.6) is 0 Å². The summed E-state index contributed by atoms with van der Waals surface area (Å²) in [5.74, 6) is -0.0132. The summed E-state index contributed by atoms with van der Waals surface area (Å²) in [7, 11) is 0. The maximum atomic E-state index is 12.5. The molecule has 0 aromatic carbocycles. The molecule has 2 unspecified atom stereocenters. The molecule has 0 rings (SSSR count). The summed E-state index contributed by atoms with van der Waals surface area (Å²) in [6.07, 6.45) is 88.3. The summed E-state index contributed by atoms with van der Waals surface area (Å²) in [6.45, 7) is 4.95. The van der Waals surface area contributed by atoms with Gasteiger partial charge in [0.15, 0.2) is 0 Å². The first-order chi connectivity index (χ1) is 39.5. The first kappa shape index (κ1) is 78.3. The number of carbonyl (C=O) groups is 2. The number of ether oxygens (including phenoxy) is 1. The van der Waals surface area contributed by atoms with E-state index in [1.165, 1.54) is 327 Å². The maximum absolute atomic E-state index is 12.5. The molecule has 1 amide bonds. The Bertz CT molecular complexity index is 1250. The molecule has 0 bridgehead atoms. The van der Waals surface area contributed by atoms with E-state index < -0.39 is 12.1 Å². The van der Waals surface area contributed by atoms with E-state index in [1.807, 2.05) is 0 Å². The zero-order valence-corrected chi connectivity index (χ0v) is 54.3. The van der Waals surface area contributed by atoms with Crippen molar-refractivity contribution in [1.82, 2.24) is 5.32 Å². The van der Waals surface area contributed by atoms with Gasteiger partial charge >= 0.3 is 5.97 Å². The van der Waals surface area contributed by atoms with Crippen LogP contribution in [0.2, 0.25) is 0 Å². The predicted octanol–water partition coefficient (Wildman–Crippen LogP) is 23.7. The van der Waals surface area contributed by atoms with Crippen LogP contribution in [0.4, 0.5) is 0 Å². The minimum Gasteiger partial charge on any atom is -0.466 e. The van der Waals surface area contributed by atoms with Crippen molar-refractivity contribution >= 4 is 11.9 Å². The van der Waals surface area contributed by atoms with Crippen molar-refractivity contribution in [2.45, 2.75) is 424 Å². The van der Waals surface area contributed by atoms with E-state index in [2.05, 4.69) is 43.5 Å². The molecule has 6 heteroatoms. The molecule has 0 saturated heterocycles. The van der Waals surface area contributed by atoms with Crippen LogP contribution in [0, 0.1) is 0 Å². The summed E-state index contributed by atoms with van der Waals surface area (Å²) in [5, 5.41) is 23.2. The van der Waals surface area contributed by atoms with Gasteiger partial charge < -0.3 is 20.3 Å². The van der Waals surface area contributed by atoms with Gasteiger partial charge in [-0.3, -0.25) is 9.59 Å². The van der Waals surface area contributed by atoms with Crippen LogP contribution in [0.15, 0.2) is 24.3 Å². The fraction of sp³-hybridized carbons (Fsp3) is 0.919. The Morgan fingerprint density at radius 1 is 0.350 bits per heavy atom. The van der Waals surface area contributed by atoms with Gasteiger partial charge in [0, 0.05) is 12.8 Å². The van der Waals surface area contributed by atoms with Gasteiger partial charge in [-0.15, -0.1) is 0 Å². The molecule has 0 aliphatic heterocycles. The van der Waals surface area contributed by atoms with Crippen molar-refractivity contribution in [3.63, 3.8) is 0 Å². The number of rotatable bonds is 69. The van der Waals surface area contributed by atoms with E-state index in [-0.39, 0.29) is 18.5 Å². The molecule has 80 heavy (non-hydrogen) atoms.